The second-order valence-corrected chi connectivity index (χ2v) is 4.10. The van der Waals surface area contributed by atoms with Crippen LogP contribution < -0.4 is 4.74 Å². The third-order valence-corrected chi connectivity index (χ3v) is 2.63. The van der Waals surface area contributed by atoms with Crippen molar-refractivity contribution in [2.75, 3.05) is 0 Å². The molecule has 0 aliphatic heterocycles. The minimum absolute atomic E-state index is 0.0397. The van der Waals surface area contributed by atoms with Crippen LogP contribution >= 0.6 is 12.9 Å². The van der Waals surface area contributed by atoms with E-state index in [1.807, 2.05) is 30.3 Å². The van der Waals surface area contributed by atoms with Gasteiger partial charge in [0.25, 0.3) is 0 Å². The number of esters is 1. The molecule has 4 nitrogen and oxygen atoms in total. The molecule has 0 unspecified atom stereocenters. The molecule has 0 bridgehead atoms. The Hall–Kier alpha value is -1.96. The van der Waals surface area contributed by atoms with E-state index in [-0.39, 0.29) is 5.75 Å². The van der Waals surface area contributed by atoms with Crippen molar-refractivity contribution in [3.63, 3.8) is 0 Å². The fraction of sp³-hybridized carbons (Fsp3) is 0.0714. The molecule has 0 aromatic heterocycles. The van der Waals surface area contributed by atoms with Gasteiger partial charge in [0.2, 0.25) is 0 Å². The summed E-state index contributed by atoms with van der Waals surface area (Å²) in [4.78, 5) is 14.6. The van der Waals surface area contributed by atoms with Gasteiger partial charge in [-0.3, -0.25) is 0 Å². The predicted octanol–water partition coefficient (Wildman–Crippen LogP) is 3.64. The molecular formula is C14H10F2O4S. The predicted molar refractivity (Wildman–Crippen MR) is 73.6 cm³/mol. The van der Waals surface area contributed by atoms with Crippen LogP contribution in [0.15, 0.2) is 54.6 Å². The van der Waals surface area contributed by atoms with Gasteiger partial charge in [-0.2, -0.15) is 13.1 Å². The number of hydrogen-bond acceptors (Lipinski definition) is 5. The van der Waals surface area contributed by atoms with Crippen LogP contribution in [0.4, 0.5) is 8.78 Å². The number of benzene rings is 2. The van der Waals surface area contributed by atoms with E-state index in [0.29, 0.717) is 0 Å². The quantitative estimate of drug-likeness (QED) is 0.229. The molecule has 0 fully saturated rings. The molecule has 0 spiro atoms. The molecule has 21 heavy (non-hydrogen) atoms. The van der Waals surface area contributed by atoms with Gasteiger partial charge < -0.3 is 4.74 Å². The van der Waals surface area contributed by atoms with Crippen molar-refractivity contribution < 1.29 is 27.5 Å². The summed E-state index contributed by atoms with van der Waals surface area (Å²) in [7, 11) is 0. The van der Waals surface area contributed by atoms with Gasteiger partial charge in [0.05, 0.1) is 0 Å². The lowest BCUT2D eigenvalue weighted by molar-refractivity contribution is -0.366. The number of carbonyl (C=O) groups is 1. The van der Waals surface area contributed by atoms with E-state index in [9.17, 15) is 13.6 Å². The summed E-state index contributed by atoms with van der Waals surface area (Å²) in [5.74, 6) is -1.94. The lowest BCUT2D eigenvalue weighted by atomic mass is 10.1. The maximum Gasteiger partial charge on any atom is 0.483 e. The van der Waals surface area contributed by atoms with Crippen LogP contribution in [0, 0.1) is 0 Å². The third-order valence-electron chi connectivity index (χ3n) is 2.55. The zero-order valence-corrected chi connectivity index (χ0v) is 11.4. The van der Waals surface area contributed by atoms with E-state index in [4.69, 9.17) is 0 Å². The average Bonchev–Trinajstić information content (AvgIpc) is 2.49. The number of rotatable bonds is 5. The summed E-state index contributed by atoms with van der Waals surface area (Å²) in [5, 5.41) is 0. The van der Waals surface area contributed by atoms with E-state index >= 15 is 0 Å². The lowest BCUT2D eigenvalue weighted by Gasteiger charge is -2.12. The van der Waals surface area contributed by atoms with E-state index in [1.165, 1.54) is 12.1 Å². The molecule has 0 N–H and O–H groups in total. The van der Waals surface area contributed by atoms with Crippen LogP contribution in [0.5, 0.6) is 5.75 Å². The zero-order chi connectivity index (χ0) is 15.3. The molecule has 110 valence electrons. The van der Waals surface area contributed by atoms with Crippen molar-refractivity contribution in [2.45, 2.75) is 6.11 Å². The van der Waals surface area contributed by atoms with Crippen molar-refractivity contribution in [3.8, 4) is 16.9 Å². The van der Waals surface area contributed by atoms with Crippen molar-refractivity contribution in [1.82, 2.24) is 0 Å². The summed E-state index contributed by atoms with van der Waals surface area (Å²) in [5.41, 5.74) is 1.81. The van der Waals surface area contributed by atoms with E-state index in [0.717, 1.165) is 11.1 Å². The highest BCUT2D eigenvalue weighted by molar-refractivity contribution is 7.74. The molecule has 0 radical (unpaired) electrons. The number of thiol groups is 1. The highest BCUT2D eigenvalue weighted by Gasteiger charge is 2.44. The summed E-state index contributed by atoms with van der Waals surface area (Å²) >= 11 is 2.98. The standard InChI is InChI=1S/C14H10F2O4S/c15-14(16,19-20-21)13(17)18-12-8-6-11(7-9-12)10-4-2-1-3-5-10/h1-9,21H. The van der Waals surface area contributed by atoms with Gasteiger partial charge in [0.15, 0.2) is 0 Å². The molecule has 0 aliphatic rings. The Morgan fingerprint density at radius 3 is 2.10 bits per heavy atom. The number of hydrogen-bond donors (Lipinski definition) is 1. The monoisotopic (exact) mass is 312 g/mol. The molecule has 0 amide bonds. The Morgan fingerprint density at radius 1 is 0.952 bits per heavy atom. The smallest absolute Gasteiger partial charge is 0.420 e. The maximum absolute atomic E-state index is 13.0. The third kappa shape index (κ3) is 4.01. The number of ether oxygens (including phenoxy) is 1. The van der Waals surface area contributed by atoms with Crippen LogP contribution in [0.2, 0.25) is 0 Å². The van der Waals surface area contributed by atoms with E-state index in [1.54, 1.807) is 12.1 Å². The minimum Gasteiger partial charge on any atom is -0.420 e. The Morgan fingerprint density at radius 2 is 1.52 bits per heavy atom. The van der Waals surface area contributed by atoms with Crippen molar-refractivity contribution >= 4 is 18.9 Å². The first-order valence-electron chi connectivity index (χ1n) is 5.78. The molecule has 2 rings (SSSR count). The molecule has 0 saturated carbocycles. The van der Waals surface area contributed by atoms with Crippen molar-refractivity contribution in [3.05, 3.63) is 54.6 Å². The first kappa shape index (κ1) is 15.4. The molecule has 2 aromatic carbocycles. The fourth-order valence-corrected chi connectivity index (χ4v) is 1.69. The Kier molecular flexibility index (Phi) is 4.89. The van der Waals surface area contributed by atoms with Crippen LogP contribution in [0.25, 0.3) is 11.1 Å². The highest BCUT2D eigenvalue weighted by atomic mass is 32.1. The van der Waals surface area contributed by atoms with E-state index < -0.39 is 12.1 Å². The molecular weight excluding hydrogens is 302 g/mol. The Balaban J connectivity index is 2.08. The van der Waals surface area contributed by atoms with Gasteiger partial charge in [-0.25, -0.2) is 4.79 Å². The first-order chi connectivity index (χ1) is 10.0. The van der Waals surface area contributed by atoms with Crippen molar-refractivity contribution in [1.29, 1.82) is 0 Å². The molecule has 0 saturated heterocycles. The largest absolute Gasteiger partial charge is 0.483 e. The lowest BCUT2D eigenvalue weighted by Crippen LogP contribution is -2.35. The van der Waals surface area contributed by atoms with Crippen LogP contribution in [-0.4, -0.2) is 12.1 Å². The second kappa shape index (κ2) is 6.66. The SMILES string of the molecule is O=C(Oc1ccc(-c2ccccc2)cc1)C(F)(F)OOS. The van der Waals surface area contributed by atoms with Gasteiger partial charge in [0.1, 0.15) is 5.75 Å². The van der Waals surface area contributed by atoms with Crippen molar-refractivity contribution in [2.24, 2.45) is 0 Å². The van der Waals surface area contributed by atoms with Crippen LogP contribution in [-0.2, 0) is 14.0 Å². The van der Waals surface area contributed by atoms with Gasteiger partial charge in [-0.05, 0) is 23.3 Å². The summed E-state index contributed by atoms with van der Waals surface area (Å²) < 4.78 is 33.9. The molecule has 7 heteroatoms. The van der Waals surface area contributed by atoms with Gasteiger partial charge >= 0.3 is 12.1 Å². The normalized spacial score (nSPS) is 11.2. The molecule has 0 atom stereocenters. The minimum atomic E-state index is -4.24. The molecule has 2 aromatic rings. The fourth-order valence-electron chi connectivity index (χ4n) is 1.59. The summed E-state index contributed by atoms with van der Waals surface area (Å²) in [6.07, 6.45) is -4.24. The molecule has 0 aliphatic carbocycles. The topological polar surface area (TPSA) is 44.8 Å². The summed E-state index contributed by atoms with van der Waals surface area (Å²) in [6.45, 7) is 0. The number of carbonyl (C=O) groups excluding carboxylic acids is 1. The number of halogens is 2. The Bertz CT molecular complexity index is 602. The maximum atomic E-state index is 13.0. The van der Waals surface area contributed by atoms with E-state index in [2.05, 4.69) is 26.9 Å². The van der Waals surface area contributed by atoms with Gasteiger partial charge in [0, 0.05) is 12.9 Å². The van der Waals surface area contributed by atoms with Gasteiger partial charge in [-0.1, -0.05) is 42.5 Å². The van der Waals surface area contributed by atoms with Crippen LogP contribution in [0.3, 0.4) is 0 Å². The number of alkyl halides is 2. The average molecular weight is 312 g/mol. The molecule has 0 heterocycles. The second-order valence-electron chi connectivity index (χ2n) is 3.95. The zero-order valence-electron chi connectivity index (χ0n) is 10.5. The highest BCUT2D eigenvalue weighted by Crippen LogP contribution is 2.24. The first-order valence-corrected chi connectivity index (χ1v) is 6.14. The Labute approximate surface area is 124 Å². The summed E-state index contributed by atoms with van der Waals surface area (Å²) in [6, 6.07) is 15.5. The van der Waals surface area contributed by atoms with Crippen LogP contribution in [0.1, 0.15) is 0 Å². The van der Waals surface area contributed by atoms with Gasteiger partial charge in [-0.15, -0.1) is 4.89 Å².